The van der Waals surface area contributed by atoms with Gasteiger partial charge in [-0.2, -0.15) is 0 Å². The number of hydrogen-bond donors (Lipinski definition) is 1. The van der Waals surface area contributed by atoms with Crippen molar-refractivity contribution in [3.05, 3.63) is 75.6 Å². The van der Waals surface area contributed by atoms with Crippen molar-refractivity contribution in [3.8, 4) is 28.1 Å². The molecule has 6 nitrogen and oxygen atoms in total. The number of hydrogen-bond acceptors (Lipinski definition) is 4. The van der Waals surface area contributed by atoms with Gasteiger partial charge in [-0.15, -0.1) is 0 Å². The quantitative estimate of drug-likeness (QED) is 0.556. The van der Waals surface area contributed by atoms with Gasteiger partial charge < -0.3 is 10.1 Å². The number of methoxy groups -OCH3 is 1. The van der Waals surface area contributed by atoms with Gasteiger partial charge in [-0.1, -0.05) is 18.2 Å². The van der Waals surface area contributed by atoms with Crippen LogP contribution in [0, 0.1) is 18.2 Å². The predicted molar refractivity (Wildman–Crippen MR) is 122 cm³/mol. The highest BCUT2D eigenvalue weighted by Crippen LogP contribution is 2.33. The van der Waals surface area contributed by atoms with Crippen molar-refractivity contribution in [3.63, 3.8) is 0 Å². The molecule has 1 aliphatic heterocycles. The van der Waals surface area contributed by atoms with E-state index in [2.05, 4.69) is 10.2 Å². The fourth-order valence-corrected chi connectivity index (χ4v) is 4.21. The van der Waals surface area contributed by atoms with E-state index in [4.69, 9.17) is 16.3 Å². The standard InChI is InChI=1S/C25H24F2N4O2/c1-28-20-9-6-16(14-18(20)26)24-23(15-7-10-21(33-3)19(27)13-15)25(32)31(2)22(30-24)11-8-17-5-4-12-29-17/h6-7,9-10,13-14,17,29H,4-5,8,11-12H2,2-3H3. The summed E-state index contributed by atoms with van der Waals surface area (Å²) in [6, 6.07) is 8.72. The third kappa shape index (κ3) is 4.50. The molecular formula is C25H24F2N4O2. The number of aromatic nitrogens is 2. The van der Waals surface area contributed by atoms with E-state index in [1.165, 1.54) is 35.9 Å². The molecule has 1 fully saturated rings. The Morgan fingerprint density at radius 1 is 1.21 bits per heavy atom. The molecule has 2 aromatic carbocycles. The van der Waals surface area contributed by atoms with E-state index < -0.39 is 11.6 Å². The van der Waals surface area contributed by atoms with Crippen molar-refractivity contribution < 1.29 is 13.5 Å². The van der Waals surface area contributed by atoms with Crippen molar-refractivity contribution in [2.75, 3.05) is 13.7 Å². The predicted octanol–water partition coefficient (Wildman–Crippen LogP) is 4.64. The molecule has 8 heteroatoms. The minimum Gasteiger partial charge on any atom is -0.494 e. The van der Waals surface area contributed by atoms with Crippen LogP contribution in [0.2, 0.25) is 0 Å². The van der Waals surface area contributed by atoms with Gasteiger partial charge in [0.25, 0.3) is 5.56 Å². The zero-order valence-electron chi connectivity index (χ0n) is 18.5. The van der Waals surface area contributed by atoms with E-state index in [0.29, 0.717) is 29.4 Å². The summed E-state index contributed by atoms with van der Waals surface area (Å²) in [6.45, 7) is 8.07. The second kappa shape index (κ2) is 9.51. The topological polar surface area (TPSA) is 60.5 Å². The smallest absolute Gasteiger partial charge is 0.261 e. The van der Waals surface area contributed by atoms with Gasteiger partial charge >= 0.3 is 0 Å². The number of ether oxygens (including phenoxy) is 1. The Morgan fingerprint density at radius 3 is 2.61 bits per heavy atom. The molecule has 0 bridgehead atoms. The van der Waals surface area contributed by atoms with Crippen molar-refractivity contribution in [1.29, 1.82) is 0 Å². The van der Waals surface area contributed by atoms with E-state index in [9.17, 15) is 13.6 Å². The summed E-state index contributed by atoms with van der Waals surface area (Å²) in [4.78, 5) is 21.4. The summed E-state index contributed by atoms with van der Waals surface area (Å²) in [5, 5.41) is 3.44. The molecule has 0 amide bonds. The van der Waals surface area contributed by atoms with E-state index in [-0.39, 0.29) is 28.3 Å². The van der Waals surface area contributed by atoms with E-state index >= 15 is 0 Å². The molecule has 1 atom stereocenters. The van der Waals surface area contributed by atoms with Gasteiger partial charge in [0.05, 0.1) is 24.9 Å². The average Bonchev–Trinajstić information content (AvgIpc) is 3.33. The zero-order chi connectivity index (χ0) is 23.5. The number of nitrogens with zero attached hydrogens (tertiary/aromatic N) is 3. The van der Waals surface area contributed by atoms with Crippen molar-refractivity contribution in [1.82, 2.24) is 14.9 Å². The van der Waals surface area contributed by atoms with E-state index in [0.717, 1.165) is 25.8 Å². The summed E-state index contributed by atoms with van der Waals surface area (Å²) >= 11 is 0. The molecule has 2 heterocycles. The summed E-state index contributed by atoms with van der Waals surface area (Å²) in [5.74, 6) is -0.697. The van der Waals surface area contributed by atoms with Crippen LogP contribution in [0.15, 0.2) is 41.2 Å². The van der Waals surface area contributed by atoms with Gasteiger partial charge in [-0.25, -0.2) is 18.6 Å². The van der Waals surface area contributed by atoms with Crippen LogP contribution in [0.25, 0.3) is 27.2 Å². The highest BCUT2D eigenvalue weighted by Gasteiger charge is 2.21. The molecule has 0 spiro atoms. The minimum atomic E-state index is -0.700. The van der Waals surface area contributed by atoms with Gasteiger partial charge in [0.2, 0.25) is 5.69 Å². The van der Waals surface area contributed by atoms with Gasteiger partial charge in [0, 0.05) is 25.1 Å². The summed E-state index contributed by atoms with van der Waals surface area (Å²) in [7, 11) is 3.00. The van der Waals surface area contributed by atoms with Gasteiger partial charge in [0.1, 0.15) is 11.6 Å². The van der Waals surface area contributed by atoms with E-state index in [1.807, 2.05) is 0 Å². The summed E-state index contributed by atoms with van der Waals surface area (Å²) in [5.41, 5.74) is 0.615. The monoisotopic (exact) mass is 450 g/mol. The first-order valence-electron chi connectivity index (χ1n) is 10.8. The molecule has 1 aromatic heterocycles. The lowest BCUT2D eigenvalue weighted by Crippen LogP contribution is -2.27. The highest BCUT2D eigenvalue weighted by molar-refractivity contribution is 5.81. The normalized spacial score (nSPS) is 15.4. The van der Waals surface area contributed by atoms with Crippen LogP contribution in [0.3, 0.4) is 0 Å². The first-order chi connectivity index (χ1) is 15.9. The third-order valence-corrected chi connectivity index (χ3v) is 6.04. The van der Waals surface area contributed by atoms with Crippen LogP contribution in [-0.4, -0.2) is 29.2 Å². The molecule has 170 valence electrons. The Labute approximate surface area is 190 Å². The molecule has 4 rings (SSSR count). The second-order valence-corrected chi connectivity index (χ2v) is 8.08. The fraction of sp³-hybridized carbons (Fsp3) is 0.320. The minimum absolute atomic E-state index is 0.0539. The lowest BCUT2D eigenvalue weighted by Gasteiger charge is -2.17. The van der Waals surface area contributed by atoms with Crippen molar-refractivity contribution in [2.24, 2.45) is 7.05 Å². The lowest BCUT2D eigenvalue weighted by atomic mass is 9.99. The van der Waals surface area contributed by atoms with Gasteiger partial charge in [-0.05, 0) is 49.6 Å². The highest BCUT2D eigenvalue weighted by atomic mass is 19.1. The number of benzene rings is 2. The Balaban J connectivity index is 1.88. The van der Waals surface area contributed by atoms with Gasteiger partial charge in [-0.3, -0.25) is 9.36 Å². The van der Waals surface area contributed by atoms with Crippen LogP contribution in [0.1, 0.15) is 25.1 Å². The fourth-order valence-electron chi connectivity index (χ4n) is 4.21. The number of nitrogens with one attached hydrogen (secondary N) is 1. The first-order valence-corrected chi connectivity index (χ1v) is 10.8. The number of halogens is 2. The maximum Gasteiger partial charge on any atom is 0.261 e. The van der Waals surface area contributed by atoms with Crippen LogP contribution in [-0.2, 0) is 13.5 Å². The molecule has 0 saturated carbocycles. The Bertz CT molecular complexity index is 1290. The molecule has 1 N–H and O–H groups in total. The molecule has 33 heavy (non-hydrogen) atoms. The molecule has 1 saturated heterocycles. The Hall–Kier alpha value is -3.57. The SMILES string of the molecule is [C-]#[N+]c1ccc(-c2nc(CCC3CCCN3)n(C)c(=O)c2-c2ccc(OC)c(F)c2)cc1F. The van der Waals surface area contributed by atoms with Crippen LogP contribution >= 0.6 is 0 Å². The Kier molecular flexibility index (Phi) is 6.52. The number of rotatable bonds is 6. The van der Waals surface area contributed by atoms with Crippen LogP contribution in [0.5, 0.6) is 5.75 Å². The first kappa shape index (κ1) is 22.6. The molecule has 0 radical (unpaired) electrons. The molecule has 0 aliphatic carbocycles. The average molecular weight is 450 g/mol. The third-order valence-electron chi connectivity index (χ3n) is 6.04. The maximum atomic E-state index is 14.5. The van der Waals surface area contributed by atoms with Crippen LogP contribution in [0.4, 0.5) is 14.5 Å². The molecule has 1 unspecified atom stereocenters. The second-order valence-electron chi connectivity index (χ2n) is 8.08. The molecule has 3 aromatic rings. The lowest BCUT2D eigenvalue weighted by molar-refractivity contribution is 0.386. The zero-order valence-corrected chi connectivity index (χ0v) is 18.5. The van der Waals surface area contributed by atoms with E-state index in [1.54, 1.807) is 19.2 Å². The maximum absolute atomic E-state index is 14.5. The van der Waals surface area contributed by atoms with Crippen molar-refractivity contribution >= 4 is 5.69 Å². The summed E-state index contributed by atoms with van der Waals surface area (Å²) in [6.07, 6.45) is 3.59. The van der Waals surface area contributed by atoms with Gasteiger partial charge in [0.15, 0.2) is 11.6 Å². The summed E-state index contributed by atoms with van der Waals surface area (Å²) < 4.78 is 35.4. The van der Waals surface area contributed by atoms with Crippen LogP contribution < -0.4 is 15.6 Å². The number of aryl methyl sites for hydroxylation is 1. The van der Waals surface area contributed by atoms with Crippen molar-refractivity contribution in [2.45, 2.75) is 31.7 Å². The largest absolute Gasteiger partial charge is 0.494 e. The Morgan fingerprint density at radius 2 is 1.97 bits per heavy atom. The molecule has 1 aliphatic rings. The molecular weight excluding hydrogens is 426 g/mol.